The van der Waals surface area contributed by atoms with Gasteiger partial charge in [-0.25, -0.2) is 0 Å². The molecular weight excluding hydrogens is 140 g/mol. The molecule has 0 saturated heterocycles. The van der Waals surface area contributed by atoms with Crippen molar-refractivity contribution in [2.45, 2.75) is 0 Å². The Morgan fingerprint density at radius 2 is 2.50 bits per heavy atom. The van der Waals surface area contributed by atoms with Crippen molar-refractivity contribution < 1.29 is 0 Å². The highest BCUT2D eigenvalue weighted by Crippen LogP contribution is 1.95. The lowest BCUT2D eigenvalue weighted by molar-refractivity contribution is 0.873. The van der Waals surface area contributed by atoms with E-state index in [9.17, 15) is 0 Å². The maximum absolute atomic E-state index is 5.20. The number of rotatable bonds is 3. The van der Waals surface area contributed by atoms with Gasteiger partial charge in [0, 0.05) is 12.3 Å². The molecule has 0 spiro atoms. The minimum atomic E-state index is 0.528. The molecule has 0 atom stereocenters. The summed E-state index contributed by atoms with van der Waals surface area (Å²) in [5, 5.41) is 2.99. The van der Waals surface area contributed by atoms with Crippen LogP contribution in [0, 0.1) is 0 Å². The highest BCUT2D eigenvalue weighted by Gasteiger charge is 1.86. The van der Waals surface area contributed by atoms with Crippen LogP contribution in [0.4, 0.5) is 0 Å². The van der Waals surface area contributed by atoms with Gasteiger partial charge < -0.3 is 11.1 Å². The fourth-order valence-electron chi connectivity index (χ4n) is 0.254. The first-order valence-electron chi connectivity index (χ1n) is 2.34. The third-order valence-electron chi connectivity index (χ3n) is 0.596. The van der Waals surface area contributed by atoms with E-state index in [1.54, 1.807) is 0 Å². The number of thioether (sulfide) groups is 1. The van der Waals surface area contributed by atoms with Crippen molar-refractivity contribution in [1.82, 2.24) is 5.32 Å². The molecule has 0 heterocycles. The summed E-state index contributed by atoms with van der Waals surface area (Å²) in [4.78, 5) is 0. The Labute approximate surface area is 59.2 Å². The monoisotopic (exact) mass is 150 g/mol. The third-order valence-corrected chi connectivity index (χ3v) is 1.64. The van der Waals surface area contributed by atoms with Crippen molar-refractivity contribution in [3.05, 3.63) is 0 Å². The SMILES string of the molecule is CNCCSC(N)=S. The van der Waals surface area contributed by atoms with Crippen molar-refractivity contribution in [3.8, 4) is 0 Å². The molecule has 3 N–H and O–H groups in total. The van der Waals surface area contributed by atoms with Gasteiger partial charge >= 0.3 is 0 Å². The molecule has 0 aromatic heterocycles. The van der Waals surface area contributed by atoms with Crippen LogP contribution >= 0.6 is 24.0 Å². The summed E-state index contributed by atoms with van der Waals surface area (Å²) in [5.41, 5.74) is 5.20. The van der Waals surface area contributed by atoms with E-state index in [1.165, 1.54) is 11.8 Å². The minimum Gasteiger partial charge on any atom is -0.385 e. The average molecular weight is 150 g/mol. The Morgan fingerprint density at radius 3 is 2.88 bits per heavy atom. The topological polar surface area (TPSA) is 38.0 Å². The lowest BCUT2D eigenvalue weighted by Gasteiger charge is -1.94. The van der Waals surface area contributed by atoms with Gasteiger partial charge in [0.1, 0.15) is 4.32 Å². The number of hydrogen-bond donors (Lipinski definition) is 2. The maximum atomic E-state index is 5.20. The van der Waals surface area contributed by atoms with Crippen molar-refractivity contribution in [3.63, 3.8) is 0 Å². The molecule has 8 heavy (non-hydrogen) atoms. The zero-order chi connectivity index (χ0) is 6.41. The first-order valence-corrected chi connectivity index (χ1v) is 3.73. The standard InChI is InChI=1S/C4H10N2S2/c1-6-2-3-8-4(5)7/h6H,2-3H2,1H3,(H2,5,7). The molecule has 48 valence electrons. The van der Waals surface area contributed by atoms with Gasteiger partial charge in [0.25, 0.3) is 0 Å². The van der Waals surface area contributed by atoms with Crippen molar-refractivity contribution >= 4 is 28.3 Å². The first-order chi connectivity index (χ1) is 3.77. The lowest BCUT2D eigenvalue weighted by Crippen LogP contribution is -2.13. The molecule has 0 fully saturated rings. The van der Waals surface area contributed by atoms with Crippen LogP contribution in [0.2, 0.25) is 0 Å². The maximum Gasteiger partial charge on any atom is 0.131 e. The Hall–Kier alpha value is 0.200. The number of thiocarbonyl (C=S) groups is 1. The van der Waals surface area contributed by atoms with Gasteiger partial charge in [-0.05, 0) is 7.05 Å². The zero-order valence-electron chi connectivity index (χ0n) is 4.81. The number of nitrogens with one attached hydrogen (secondary N) is 1. The molecule has 4 heteroatoms. The molecule has 0 radical (unpaired) electrons. The summed E-state index contributed by atoms with van der Waals surface area (Å²) in [6, 6.07) is 0. The summed E-state index contributed by atoms with van der Waals surface area (Å²) in [5.74, 6) is 0.964. The fraction of sp³-hybridized carbons (Fsp3) is 0.750. The van der Waals surface area contributed by atoms with Crippen molar-refractivity contribution in [1.29, 1.82) is 0 Å². The Morgan fingerprint density at radius 1 is 1.88 bits per heavy atom. The van der Waals surface area contributed by atoms with E-state index >= 15 is 0 Å². The van der Waals surface area contributed by atoms with Crippen LogP contribution in [0.5, 0.6) is 0 Å². The normalized spacial score (nSPS) is 9.12. The predicted molar refractivity (Wildman–Crippen MR) is 43.2 cm³/mol. The highest BCUT2D eigenvalue weighted by molar-refractivity contribution is 8.22. The van der Waals surface area contributed by atoms with E-state index in [0.717, 1.165) is 12.3 Å². The van der Waals surface area contributed by atoms with Crippen molar-refractivity contribution in [2.75, 3.05) is 19.3 Å². The van der Waals surface area contributed by atoms with Gasteiger partial charge in [-0.2, -0.15) is 0 Å². The number of hydrogen-bond acceptors (Lipinski definition) is 3. The molecule has 0 saturated carbocycles. The second-order valence-corrected chi connectivity index (χ2v) is 3.11. The molecule has 0 aliphatic heterocycles. The molecule has 0 aromatic rings. The van der Waals surface area contributed by atoms with E-state index in [0.29, 0.717) is 4.32 Å². The van der Waals surface area contributed by atoms with Crippen LogP contribution in [0.15, 0.2) is 0 Å². The Kier molecular flexibility index (Phi) is 5.47. The second-order valence-electron chi connectivity index (χ2n) is 1.27. The molecule has 0 unspecified atom stereocenters. The zero-order valence-corrected chi connectivity index (χ0v) is 6.44. The molecular formula is C4H10N2S2. The van der Waals surface area contributed by atoms with Crippen molar-refractivity contribution in [2.24, 2.45) is 5.73 Å². The Bertz CT molecular complexity index is 74.4. The van der Waals surface area contributed by atoms with Crippen LogP contribution in [-0.2, 0) is 0 Å². The third kappa shape index (κ3) is 6.20. The molecule has 0 amide bonds. The van der Waals surface area contributed by atoms with E-state index in [4.69, 9.17) is 5.73 Å². The summed E-state index contributed by atoms with van der Waals surface area (Å²) in [6.45, 7) is 0.960. The van der Waals surface area contributed by atoms with E-state index in [1.807, 2.05) is 7.05 Å². The summed E-state index contributed by atoms with van der Waals surface area (Å²) >= 11 is 6.12. The quantitative estimate of drug-likeness (QED) is 0.445. The molecule has 2 nitrogen and oxygen atoms in total. The molecule has 0 aliphatic carbocycles. The minimum absolute atomic E-state index is 0.528. The number of nitrogens with two attached hydrogens (primary N) is 1. The van der Waals surface area contributed by atoms with Gasteiger partial charge in [0.15, 0.2) is 0 Å². The van der Waals surface area contributed by atoms with Crippen LogP contribution in [-0.4, -0.2) is 23.7 Å². The van der Waals surface area contributed by atoms with E-state index < -0.39 is 0 Å². The van der Waals surface area contributed by atoms with E-state index in [-0.39, 0.29) is 0 Å². The van der Waals surface area contributed by atoms with Crippen LogP contribution in [0.3, 0.4) is 0 Å². The van der Waals surface area contributed by atoms with Crippen LogP contribution in [0.1, 0.15) is 0 Å². The molecule has 0 aliphatic rings. The smallest absolute Gasteiger partial charge is 0.131 e. The van der Waals surface area contributed by atoms with Crippen LogP contribution < -0.4 is 11.1 Å². The second kappa shape index (κ2) is 5.34. The van der Waals surface area contributed by atoms with Gasteiger partial charge in [0.05, 0.1) is 0 Å². The fourth-order valence-corrected chi connectivity index (χ4v) is 1.01. The highest BCUT2D eigenvalue weighted by atomic mass is 32.2. The average Bonchev–Trinajstić information content (AvgIpc) is 1.66. The Balaban J connectivity index is 2.82. The van der Waals surface area contributed by atoms with E-state index in [2.05, 4.69) is 17.5 Å². The summed E-state index contributed by atoms with van der Waals surface area (Å²) < 4.78 is 0.528. The molecule has 0 rings (SSSR count). The first kappa shape index (κ1) is 8.20. The predicted octanol–water partition coefficient (Wildman–Crippen LogP) is 0.183. The lowest BCUT2D eigenvalue weighted by atomic mass is 10.8. The summed E-state index contributed by atoms with van der Waals surface area (Å²) in [7, 11) is 1.90. The van der Waals surface area contributed by atoms with Gasteiger partial charge in [-0.1, -0.05) is 24.0 Å². The van der Waals surface area contributed by atoms with Gasteiger partial charge in [0.2, 0.25) is 0 Å². The van der Waals surface area contributed by atoms with Gasteiger partial charge in [-0.15, -0.1) is 0 Å². The molecule has 0 aromatic carbocycles. The van der Waals surface area contributed by atoms with Crippen LogP contribution in [0.25, 0.3) is 0 Å². The van der Waals surface area contributed by atoms with Gasteiger partial charge in [-0.3, -0.25) is 0 Å². The molecule has 0 bridgehead atoms. The summed E-state index contributed by atoms with van der Waals surface area (Å²) in [6.07, 6.45) is 0. The largest absolute Gasteiger partial charge is 0.385 e.